The largest absolute Gasteiger partial charge is 0.496 e. The first-order valence-corrected chi connectivity index (χ1v) is 8.00. The van der Waals surface area contributed by atoms with Gasteiger partial charge in [0.2, 0.25) is 5.95 Å². The molecule has 0 saturated heterocycles. The average Bonchev–Trinajstić information content (AvgIpc) is 2.60. The Balaban J connectivity index is 2.28. The lowest BCUT2D eigenvalue weighted by Gasteiger charge is -2.15. The molecule has 0 saturated carbocycles. The molecule has 0 bridgehead atoms. The van der Waals surface area contributed by atoms with Crippen molar-refractivity contribution in [1.29, 1.82) is 0 Å². The van der Waals surface area contributed by atoms with E-state index in [9.17, 15) is 0 Å². The second-order valence-electron chi connectivity index (χ2n) is 6.23. The molecule has 0 radical (unpaired) electrons. The third-order valence-corrected chi connectivity index (χ3v) is 3.90. The molecule has 1 heterocycles. The van der Waals surface area contributed by atoms with Gasteiger partial charge in [-0.15, -0.1) is 0 Å². The van der Waals surface area contributed by atoms with Crippen LogP contribution in [0.3, 0.4) is 0 Å². The minimum atomic E-state index is 0.231. The highest BCUT2D eigenvalue weighted by molar-refractivity contribution is 5.98. The van der Waals surface area contributed by atoms with Gasteiger partial charge in [-0.3, -0.25) is 0 Å². The van der Waals surface area contributed by atoms with Gasteiger partial charge in [0.15, 0.2) is 5.82 Å². The number of anilines is 1. The van der Waals surface area contributed by atoms with Crippen LogP contribution in [0.15, 0.2) is 36.4 Å². The van der Waals surface area contributed by atoms with Crippen molar-refractivity contribution in [2.75, 3.05) is 26.1 Å². The molecule has 0 aliphatic carbocycles. The molecule has 0 atom stereocenters. The van der Waals surface area contributed by atoms with E-state index < -0.39 is 0 Å². The highest BCUT2D eigenvalue weighted by atomic mass is 16.5. The monoisotopic (exact) mass is 322 g/mol. The standard InChI is InChI=1S/C19H22N4O/c1-12(2)17-20-18(22-19(21-17)23(3)4)15-10-11-16(24-5)14-9-7-6-8-13(14)15/h6-12H,1-5H3. The van der Waals surface area contributed by atoms with Crippen molar-refractivity contribution in [2.45, 2.75) is 19.8 Å². The zero-order valence-electron chi connectivity index (χ0n) is 14.7. The Hall–Kier alpha value is -2.69. The van der Waals surface area contributed by atoms with Gasteiger partial charge in [-0.1, -0.05) is 38.1 Å². The Labute approximate surface area is 142 Å². The first kappa shape index (κ1) is 16.2. The number of rotatable bonds is 4. The van der Waals surface area contributed by atoms with Crippen molar-refractivity contribution in [3.8, 4) is 17.1 Å². The minimum Gasteiger partial charge on any atom is -0.496 e. The predicted molar refractivity (Wildman–Crippen MR) is 97.7 cm³/mol. The quantitative estimate of drug-likeness (QED) is 0.729. The Morgan fingerprint density at radius 3 is 2.25 bits per heavy atom. The molecular formula is C19H22N4O. The third kappa shape index (κ3) is 2.89. The van der Waals surface area contributed by atoms with Gasteiger partial charge in [0.05, 0.1) is 7.11 Å². The maximum Gasteiger partial charge on any atom is 0.228 e. The van der Waals surface area contributed by atoms with Crippen molar-refractivity contribution in [1.82, 2.24) is 15.0 Å². The third-order valence-electron chi connectivity index (χ3n) is 3.90. The minimum absolute atomic E-state index is 0.231. The maximum atomic E-state index is 5.48. The number of hydrogen-bond acceptors (Lipinski definition) is 5. The lowest BCUT2D eigenvalue weighted by Crippen LogP contribution is -2.16. The van der Waals surface area contributed by atoms with Gasteiger partial charge in [-0.2, -0.15) is 9.97 Å². The first-order chi connectivity index (χ1) is 11.5. The van der Waals surface area contributed by atoms with E-state index in [1.54, 1.807) is 7.11 Å². The molecule has 5 heteroatoms. The topological polar surface area (TPSA) is 51.1 Å². The van der Waals surface area contributed by atoms with Gasteiger partial charge >= 0.3 is 0 Å². The van der Waals surface area contributed by atoms with Crippen molar-refractivity contribution in [3.05, 3.63) is 42.2 Å². The summed E-state index contributed by atoms with van der Waals surface area (Å²) in [4.78, 5) is 15.8. The molecule has 0 fully saturated rings. The van der Waals surface area contributed by atoms with E-state index in [2.05, 4.69) is 35.9 Å². The maximum absolute atomic E-state index is 5.48. The number of hydrogen-bond donors (Lipinski definition) is 0. The summed E-state index contributed by atoms with van der Waals surface area (Å²) in [6.07, 6.45) is 0. The van der Waals surface area contributed by atoms with Crippen LogP contribution in [0.2, 0.25) is 0 Å². The highest BCUT2D eigenvalue weighted by Gasteiger charge is 2.15. The molecule has 0 aliphatic heterocycles. The molecule has 0 spiro atoms. The fourth-order valence-corrected chi connectivity index (χ4v) is 2.60. The number of aromatic nitrogens is 3. The van der Waals surface area contributed by atoms with Crippen LogP contribution in [-0.4, -0.2) is 36.2 Å². The Morgan fingerprint density at radius 2 is 1.62 bits per heavy atom. The molecule has 0 N–H and O–H groups in total. The number of nitrogens with zero attached hydrogens (tertiary/aromatic N) is 4. The van der Waals surface area contributed by atoms with Crippen molar-refractivity contribution < 1.29 is 4.74 Å². The smallest absolute Gasteiger partial charge is 0.228 e. The normalized spacial score (nSPS) is 11.1. The zero-order valence-corrected chi connectivity index (χ0v) is 14.7. The molecule has 0 amide bonds. The second-order valence-corrected chi connectivity index (χ2v) is 6.23. The van der Waals surface area contributed by atoms with E-state index in [1.807, 2.05) is 43.3 Å². The highest BCUT2D eigenvalue weighted by Crippen LogP contribution is 2.33. The summed E-state index contributed by atoms with van der Waals surface area (Å²) in [5, 5.41) is 2.12. The lowest BCUT2D eigenvalue weighted by molar-refractivity contribution is 0.420. The van der Waals surface area contributed by atoms with Crippen LogP contribution in [-0.2, 0) is 0 Å². The lowest BCUT2D eigenvalue weighted by atomic mass is 10.0. The summed E-state index contributed by atoms with van der Waals surface area (Å²) in [5.74, 6) is 3.23. The fourth-order valence-electron chi connectivity index (χ4n) is 2.60. The Bertz CT molecular complexity index is 848. The summed E-state index contributed by atoms with van der Waals surface area (Å²) in [7, 11) is 5.57. The van der Waals surface area contributed by atoms with Crippen LogP contribution < -0.4 is 9.64 Å². The van der Waals surface area contributed by atoms with E-state index in [4.69, 9.17) is 9.72 Å². The van der Waals surface area contributed by atoms with Crippen LogP contribution in [0.5, 0.6) is 5.75 Å². The van der Waals surface area contributed by atoms with E-state index in [0.29, 0.717) is 11.8 Å². The van der Waals surface area contributed by atoms with Crippen LogP contribution >= 0.6 is 0 Å². The second kappa shape index (κ2) is 6.43. The van der Waals surface area contributed by atoms with Gasteiger partial charge < -0.3 is 9.64 Å². The molecule has 1 aromatic heterocycles. The molecular weight excluding hydrogens is 300 g/mol. The molecule has 3 rings (SSSR count). The fraction of sp³-hybridized carbons (Fsp3) is 0.316. The first-order valence-electron chi connectivity index (χ1n) is 8.00. The molecule has 0 aliphatic rings. The van der Waals surface area contributed by atoms with Gasteiger partial charge in [-0.05, 0) is 17.5 Å². The van der Waals surface area contributed by atoms with E-state index in [0.717, 1.165) is 27.9 Å². The SMILES string of the molecule is COc1ccc(-c2nc(C(C)C)nc(N(C)C)n2)c2ccccc12. The summed E-state index contributed by atoms with van der Waals surface area (Å²) in [6.45, 7) is 4.18. The van der Waals surface area contributed by atoms with E-state index in [-0.39, 0.29) is 5.92 Å². The summed E-state index contributed by atoms with van der Waals surface area (Å²) < 4.78 is 5.48. The van der Waals surface area contributed by atoms with Crippen LogP contribution in [0, 0.1) is 0 Å². The summed E-state index contributed by atoms with van der Waals surface area (Å²) >= 11 is 0. The number of benzene rings is 2. The van der Waals surface area contributed by atoms with Gasteiger partial charge in [-0.25, -0.2) is 4.98 Å². The van der Waals surface area contributed by atoms with Crippen molar-refractivity contribution in [2.24, 2.45) is 0 Å². The van der Waals surface area contributed by atoms with Crippen molar-refractivity contribution in [3.63, 3.8) is 0 Å². The van der Waals surface area contributed by atoms with E-state index in [1.165, 1.54) is 0 Å². The van der Waals surface area contributed by atoms with Crippen molar-refractivity contribution >= 4 is 16.7 Å². The van der Waals surface area contributed by atoms with Crippen LogP contribution in [0.25, 0.3) is 22.2 Å². The number of methoxy groups -OCH3 is 1. The predicted octanol–water partition coefficient (Wildman–Crippen LogP) is 3.89. The van der Waals surface area contributed by atoms with Crippen LogP contribution in [0.4, 0.5) is 5.95 Å². The molecule has 2 aromatic carbocycles. The Morgan fingerprint density at radius 1 is 0.917 bits per heavy atom. The summed E-state index contributed by atoms with van der Waals surface area (Å²) in [6, 6.07) is 12.1. The Kier molecular flexibility index (Phi) is 4.34. The molecule has 0 unspecified atom stereocenters. The van der Waals surface area contributed by atoms with Gasteiger partial charge in [0, 0.05) is 31.0 Å². The van der Waals surface area contributed by atoms with Gasteiger partial charge in [0.25, 0.3) is 0 Å². The average molecular weight is 322 g/mol. The summed E-state index contributed by atoms with van der Waals surface area (Å²) in [5.41, 5.74) is 0.985. The number of fused-ring (bicyclic) bond motifs is 1. The molecule has 124 valence electrons. The molecule has 5 nitrogen and oxygen atoms in total. The molecule has 3 aromatic rings. The van der Waals surface area contributed by atoms with Crippen LogP contribution in [0.1, 0.15) is 25.6 Å². The molecule has 24 heavy (non-hydrogen) atoms. The van der Waals surface area contributed by atoms with Gasteiger partial charge in [0.1, 0.15) is 11.6 Å². The zero-order chi connectivity index (χ0) is 17.3. The number of ether oxygens (including phenoxy) is 1. The van der Waals surface area contributed by atoms with E-state index >= 15 is 0 Å².